The van der Waals surface area contributed by atoms with E-state index in [2.05, 4.69) is 10.0 Å². The second-order valence-corrected chi connectivity index (χ2v) is 7.55. The topological polar surface area (TPSA) is 118 Å². The third-order valence-corrected chi connectivity index (χ3v) is 5.40. The van der Waals surface area contributed by atoms with Crippen LogP contribution < -0.4 is 10.0 Å². The van der Waals surface area contributed by atoms with Crippen LogP contribution in [0.1, 0.15) is 30.6 Å². The molecule has 0 radical (unpaired) electrons. The highest BCUT2D eigenvalue weighted by atomic mass is 32.2. The van der Waals surface area contributed by atoms with Crippen molar-refractivity contribution in [3.05, 3.63) is 64.0 Å². The van der Waals surface area contributed by atoms with E-state index in [0.29, 0.717) is 6.42 Å². The number of halogens is 1. The SMILES string of the molecule is CC[C@H](C)NS(=O)(=O)c1ccc(C(=O)Nc2ccc(F)c([N+](=O)[O-])c2)cc1. The molecule has 144 valence electrons. The number of rotatable bonds is 7. The third-order valence-electron chi connectivity index (χ3n) is 3.80. The van der Waals surface area contributed by atoms with Gasteiger partial charge in [0.1, 0.15) is 0 Å². The summed E-state index contributed by atoms with van der Waals surface area (Å²) in [6.45, 7) is 3.58. The molecular formula is C17H18FN3O5S. The molecule has 0 aliphatic rings. The number of nitro groups is 1. The van der Waals surface area contributed by atoms with Crippen LogP contribution in [0.4, 0.5) is 15.8 Å². The zero-order valence-electron chi connectivity index (χ0n) is 14.6. The lowest BCUT2D eigenvalue weighted by molar-refractivity contribution is -0.387. The summed E-state index contributed by atoms with van der Waals surface area (Å²) < 4.78 is 40.2. The molecule has 0 unspecified atom stereocenters. The highest BCUT2D eigenvalue weighted by Gasteiger charge is 2.18. The van der Waals surface area contributed by atoms with E-state index in [0.717, 1.165) is 12.1 Å². The fourth-order valence-electron chi connectivity index (χ4n) is 2.14. The van der Waals surface area contributed by atoms with Crippen LogP contribution in [0.5, 0.6) is 0 Å². The van der Waals surface area contributed by atoms with Gasteiger partial charge in [0, 0.05) is 23.4 Å². The van der Waals surface area contributed by atoms with E-state index in [1.807, 2.05) is 6.92 Å². The molecule has 2 aromatic rings. The van der Waals surface area contributed by atoms with Crippen LogP contribution in [-0.2, 0) is 10.0 Å². The van der Waals surface area contributed by atoms with E-state index >= 15 is 0 Å². The number of nitrogens with zero attached hydrogens (tertiary/aromatic N) is 1. The minimum atomic E-state index is -3.69. The minimum absolute atomic E-state index is 0.0109. The molecule has 2 rings (SSSR count). The lowest BCUT2D eigenvalue weighted by Crippen LogP contribution is -2.32. The lowest BCUT2D eigenvalue weighted by Gasteiger charge is -2.12. The van der Waals surface area contributed by atoms with Gasteiger partial charge in [-0.2, -0.15) is 4.39 Å². The Labute approximate surface area is 155 Å². The maximum atomic E-state index is 13.3. The zero-order valence-corrected chi connectivity index (χ0v) is 15.4. The second kappa shape index (κ2) is 8.23. The first-order valence-electron chi connectivity index (χ1n) is 8.01. The zero-order chi connectivity index (χ0) is 20.2. The summed E-state index contributed by atoms with van der Waals surface area (Å²) >= 11 is 0. The summed E-state index contributed by atoms with van der Waals surface area (Å²) in [6, 6.07) is 7.95. The Morgan fingerprint density at radius 1 is 1.22 bits per heavy atom. The van der Waals surface area contributed by atoms with Gasteiger partial charge in [0.25, 0.3) is 5.91 Å². The molecule has 1 amide bonds. The smallest absolute Gasteiger partial charge is 0.306 e. The highest BCUT2D eigenvalue weighted by Crippen LogP contribution is 2.22. The van der Waals surface area contributed by atoms with Gasteiger partial charge in [-0.3, -0.25) is 14.9 Å². The normalized spacial score (nSPS) is 12.4. The molecule has 2 aromatic carbocycles. The number of amides is 1. The van der Waals surface area contributed by atoms with Crippen molar-refractivity contribution in [2.75, 3.05) is 5.32 Å². The summed E-state index contributed by atoms with van der Waals surface area (Å²) in [7, 11) is -3.69. The molecule has 0 aliphatic heterocycles. The van der Waals surface area contributed by atoms with Crippen molar-refractivity contribution in [1.82, 2.24) is 4.72 Å². The first-order valence-corrected chi connectivity index (χ1v) is 9.50. The highest BCUT2D eigenvalue weighted by molar-refractivity contribution is 7.89. The Morgan fingerprint density at radius 3 is 2.41 bits per heavy atom. The summed E-state index contributed by atoms with van der Waals surface area (Å²) in [5.41, 5.74) is -0.571. The maximum absolute atomic E-state index is 13.3. The number of benzene rings is 2. The Bertz CT molecular complexity index is 961. The average Bonchev–Trinajstić information content (AvgIpc) is 2.62. The number of nitrogens with one attached hydrogen (secondary N) is 2. The molecule has 0 fully saturated rings. The van der Waals surface area contributed by atoms with Gasteiger partial charge >= 0.3 is 5.69 Å². The Hall–Kier alpha value is -2.85. The molecule has 0 saturated heterocycles. The van der Waals surface area contributed by atoms with Crippen molar-refractivity contribution in [2.24, 2.45) is 0 Å². The maximum Gasteiger partial charge on any atom is 0.306 e. The Balaban J connectivity index is 2.17. The predicted molar refractivity (Wildman–Crippen MR) is 97.5 cm³/mol. The minimum Gasteiger partial charge on any atom is -0.322 e. The van der Waals surface area contributed by atoms with Gasteiger partial charge in [0.2, 0.25) is 15.8 Å². The molecule has 27 heavy (non-hydrogen) atoms. The van der Waals surface area contributed by atoms with E-state index in [9.17, 15) is 27.7 Å². The van der Waals surface area contributed by atoms with E-state index in [4.69, 9.17) is 0 Å². The molecule has 0 saturated carbocycles. The van der Waals surface area contributed by atoms with Gasteiger partial charge in [0.05, 0.1) is 9.82 Å². The van der Waals surface area contributed by atoms with Gasteiger partial charge in [-0.25, -0.2) is 13.1 Å². The summed E-state index contributed by atoms with van der Waals surface area (Å²) in [6.07, 6.45) is 0.628. The molecule has 1 atom stereocenters. The number of carbonyl (C=O) groups excluding carboxylic acids is 1. The van der Waals surface area contributed by atoms with Gasteiger partial charge in [0.15, 0.2) is 0 Å². The summed E-state index contributed by atoms with van der Waals surface area (Å²) in [5.74, 6) is -1.63. The number of sulfonamides is 1. The fourth-order valence-corrected chi connectivity index (χ4v) is 3.46. The molecule has 0 spiro atoms. The van der Waals surface area contributed by atoms with E-state index in [-0.39, 0.29) is 22.2 Å². The van der Waals surface area contributed by atoms with E-state index in [1.54, 1.807) is 6.92 Å². The first kappa shape index (κ1) is 20.5. The monoisotopic (exact) mass is 395 g/mol. The van der Waals surface area contributed by atoms with Crippen LogP contribution in [0.3, 0.4) is 0 Å². The van der Waals surface area contributed by atoms with Crippen molar-refractivity contribution in [3.8, 4) is 0 Å². The summed E-state index contributed by atoms with van der Waals surface area (Å²) in [5, 5.41) is 13.2. The van der Waals surface area contributed by atoms with Gasteiger partial charge < -0.3 is 5.32 Å². The third kappa shape index (κ3) is 5.08. The quantitative estimate of drug-likeness (QED) is 0.552. The van der Waals surface area contributed by atoms with E-state index < -0.39 is 32.4 Å². The number of nitro benzene ring substituents is 1. The van der Waals surface area contributed by atoms with Crippen LogP contribution in [-0.4, -0.2) is 25.3 Å². The molecule has 10 heteroatoms. The molecular weight excluding hydrogens is 377 g/mol. The van der Waals surface area contributed by atoms with Crippen molar-refractivity contribution in [1.29, 1.82) is 0 Å². The largest absolute Gasteiger partial charge is 0.322 e. The van der Waals surface area contributed by atoms with Crippen molar-refractivity contribution >= 4 is 27.3 Å². The number of hydrogen-bond acceptors (Lipinski definition) is 5. The van der Waals surface area contributed by atoms with Crippen LogP contribution in [0, 0.1) is 15.9 Å². The number of anilines is 1. The fraction of sp³-hybridized carbons (Fsp3) is 0.235. The molecule has 0 heterocycles. The van der Waals surface area contributed by atoms with Crippen LogP contribution in [0.2, 0.25) is 0 Å². The van der Waals surface area contributed by atoms with Crippen LogP contribution in [0.15, 0.2) is 47.4 Å². The van der Waals surface area contributed by atoms with Crippen LogP contribution in [0.25, 0.3) is 0 Å². The first-order chi connectivity index (χ1) is 12.6. The molecule has 2 N–H and O–H groups in total. The number of hydrogen-bond donors (Lipinski definition) is 2. The van der Waals surface area contributed by atoms with E-state index in [1.165, 1.54) is 30.3 Å². The van der Waals surface area contributed by atoms with Crippen molar-refractivity contribution < 1.29 is 22.5 Å². The standard InChI is InChI=1S/C17H18FN3O5S/c1-3-11(2)20-27(25,26)14-7-4-12(5-8-14)17(22)19-13-6-9-15(18)16(10-13)21(23)24/h4-11,20H,3H2,1-2H3,(H,19,22)/t11-/m0/s1. The molecule has 0 bridgehead atoms. The molecule has 0 aliphatic carbocycles. The second-order valence-electron chi connectivity index (χ2n) is 5.83. The van der Waals surface area contributed by atoms with Gasteiger partial charge in [-0.15, -0.1) is 0 Å². The van der Waals surface area contributed by atoms with Crippen molar-refractivity contribution in [3.63, 3.8) is 0 Å². The predicted octanol–water partition coefficient (Wildman–Crippen LogP) is 3.06. The van der Waals surface area contributed by atoms with Crippen LogP contribution >= 0.6 is 0 Å². The molecule has 0 aromatic heterocycles. The Morgan fingerprint density at radius 2 is 1.85 bits per heavy atom. The summed E-state index contributed by atoms with van der Waals surface area (Å²) in [4.78, 5) is 22.1. The van der Waals surface area contributed by atoms with Gasteiger partial charge in [-0.05, 0) is 49.7 Å². The number of carbonyl (C=O) groups is 1. The lowest BCUT2D eigenvalue weighted by atomic mass is 10.2. The van der Waals surface area contributed by atoms with Crippen molar-refractivity contribution in [2.45, 2.75) is 31.2 Å². The average molecular weight is 395 g/mol. The Kier molecular flexibility index (Phi) is 6.24. The molecule has 8 nitrogen and oxygen atoms in total. The van der Waals surface area contributed by atoms with Gasteiger partial charge in [-0.1, -0.05) is 6.92 Å².